The maximum absolute atomic E-state index is 6.40. The van der Waals surface area contributed by atoms with E-state index in [1.165, 1.54) is 22.9 Å². The van der Waals surface area contributed by atoms with E-state index < -0.39 is 6.23 Å². The molecule has 0 amide bonds. The molecule has 34 heavy (non-hydrogen) atoms. The minimum atomic E-state index is -0.570. The average Bonchev–Trinajstić information content (AvgIpc) is 3.04. The Morgan fingerprint density at radius 1 is 0.941 bits per heavy atom. The number of nitrogens with one attached hydrogen (secondary N) is 1. The van der Waals surface area contributed by atoms with Gasteiger partial charge >= 0.3 is 0 Å². The van der Waals surface area contributed by atoms with E-state index >= 15 is 0 Å². The molecule has 172 valence electrons. The molecule has 0 saturated carbocycles. The number of hydrogen-bond donors (Lipinski definition) is 1. The number of rotatable bonds is 6. The van der Waals surface area contributed by atoms with E-state index in [1.54, 1.807) is 14.2 Å². The molecule has 1 unspecified atom stereocenters. The number of thioether (sulfide) groups is 1. The number of para-hydroxylation sites is 2. The van der Waals surface area contributed by atoms with Crippen molar-refractivity contribution in [2.45, 2.75) is 24.1 Å². The van der Waals surface area contributed by atoms with Gasteiger partial charge in [0.25, 0.3) is 0 Å². The van der Waals surface area contributed by atoms with Crippen molar-refractivity contribution in [3.05, 3.63) is 83.4 Å². The van der Waals surface area contributed by atoms with E-state index in [2.05, 4.69) is 46.7 Å². The summed E-state index contributed by atoms with van der Waals surface area (Å²) in [5, 5.41) is 12.9. The van der Waals surface area contributed by atoms with E-state index in [9.17, 15) is 0 Å². The SMILES string of the molecule is COc1cccc(C2Nc3ccccc3-c3nnc(SCc4ccc(C)cc4)nc3O2)c1OC. The molecule has 0 fully saturated rings. The summed E-state index contributed by atoms with van der Waals surface area (Å²) in [7, 11) is 3.23. The summed E-state index contributed by atoms with van der Waals surface area (Å²) >= 11 is 1.52. The van der Waals surface area contributed by atoms with E-state index in [0.29, 0.717) is 28.2 Å². The van der Waals surface area contributed by atoms with Crippen molar-refractivity contribution in [3.8, 4) is 28.6 Å². The molecular formula is C26H24N4O3S. The Labute approximate surface area is 202 Å². The third-order valence-corrected chi connectivity index (χ3v) is 6.45. The maximum atomic E-state index is 6.40. The largest absolute Gasteiger partial charge is 0.493 e. The predicted octanol–water partition coefficient (Wildman–Crippen LogP) is 5.66. The molecule has 0 spiro atoms. The Kier molecular flexibility index (Phi) is 6.22. The first-order valence-electron chi connectivity index (χ1n) is 10.8. The molecule has 1 atom stereocenters. The Hall–Kier alpha value is -3.78. The first kappa shape index (κ1) is 22.0. The number of nitrogens with zero attached hydrogens (tertiary/aromatic N) is 3. The van der Waals surface area contributed by atoms with Crippen molar-refractivity contribution in [1.29, 1.82) is 0 Å². The van der Waals surface area contributed by atoms with Crippen LogP contribution in [-0.2, 0) is 5.75 Å². The van der Waals surface area contributed by atoms with Crippen molar-refractivity contribution in [2.24, 2.45) is 0 Å². The van der Waals surface area contributed by atoms with Crippen LogP contribution in [0.15, 0.2) is 71.9 Å². The van der Waals surface area contributed by atoms with Gasteiger partial charge in [0.05, 0.1) is 19.8 Å². The molecule has 5 rings (SSSR count). The van der Waals surface area contributed by atoms with Gasteiger partial charge in [-0.1, -0.05) is 65.9 Å². The van der Waals surface area contributed by atoms with Gasteiger partial charge in [0.15, 0.2) is 17.2 Å². The van der Waals surface area contributed by atoms with Crippen LogP contribution < -0.4 is 19.5 Å². The van der Waals surface area contributed by atoms with Crippen LogP contribution in [0.3, 0.4) is 0 Å². The molecule has 0 aliphatic carbocycles. The second-order valence-corrected chi connectivity index (χ2v) is 8.74. The molecular weight excluding hydrogens is 448 g/mol. The molecule has 3 aromatic carbocycles. The Morgan fingerprint density at radius 2 is 1.76 bits per heavy atom. The molecule has 8 heteroatoms. The van der Waals surface area contributed by atoms with Crippen LogP contribution in [0.5, 0.6) is 17.4 Å². The molecule has 1 aromatic heterocycles. The molecule has 2 heterocycles. The van der Waals surface area contributed by atoms with E-state index in [0.717, 1.165) is 22.6 Å². The minimum absolute atomic E-state index is 0.411. The fourth-order valence-electron chi connectivity index (χ4n) is 3.80. The second kappa shape index (κ2) is 9.61. The van der Waals surface area contributed by atoms with Crippen LogP contribution in [0.4, 0.5) is 5.69 Å². The van der Waals surface area contributed by atoms with Gasteiger partial charge in [-0.2, -0.15) is 4.98 Å². The van der Waals surface area contributed by atoms with Crippen LogP contribution in [-0.4, -0.2) is 29.4 Å². The molecule has 1 N–H and O–H groups in total. The van der Waals surface area contributed by atoms with Gasteiger partial charge in [-0.15, -0.1) is 10.2 Å². The van der Waals surface area contributed by atoms with E-state index in [-0.39, 0.29) is 0 Å². The summed E-state index contributed by atoms with van der Waals surface area (Å²) in [6.07, 6.45) is -0.570. The van der Waals surface area contributed by atoms with Gasteiger partial charge < -0.3 is 19.5 Å². The normalized spacial score (nSPS) is 14.1. The van der Waals surface area contributed by atoms with Crippen molar-refractivity contribution in [1.82, 2.24) is 15.2 Å². The zero-order valence-corrected chi connectivity index (χ0v) is 19.9. The lowest BCUT2D eigenvalue weighted by molar-refractivity contribution is 0.218. The van der Waals surface area contributed by atoms with Crippen LogP contribution in [0.1, 0.15) is 22.9 Å². The summed E-state index contributed by atoms with van der Waals surface area (Å²) < 4.78 is 17.6. The monoisotopic (exact) mass is 472 g/mol. The van der Waals surface area contributed by atoms with Crippen molar-refractivity contribution < 1.29 is 14.2 Å². The van der Waals surface area contributed by atoms with Crippen LogP contribution >= 0.6 is 11.8 Å². The molecule has 4 aromatic rings. The topological polar surface area (TPSA) is 78.4 Å². The van der Waals surface area contributed by atoms with E-state index in [1.807, 2.05) is 42.5 Å². The van der Waals surface area contributed by atoms with Crippen molar-refractivity contribution >= 4 is 17.4 Å². The summed E-state index contributed by atoms with van der Waals surface area (Å²) in [6, 6.07) is 22.0. The third kappa shape index (κ3) is 4.36. The molecule has 7 nitrogen and oxygen atoms in total. The first-order valence-corrected chi connectivity index (χ1v) is 11.8. The number of hydrogen-bond acceptors (Lipinski definition) is 8. The fraction of sp³-hybridized carbons (Fsp3) is 0.192. The maximum Gasteiger partial charge on any atom is 0.247 e. The second-order valence-electron chi connectivity index (χ2n) is 7.79. The standard InChI is InChI=1S/C26H24N4O3S/c1-16-11-13-17(14-12-16)15-34-26-28-25-22(29-30-26)18-7-4-5-9-20(18)27-24(33-25)19-8-6-10-21(31-2)23(19)32-3/h4-14,24,27H,15H2,1-3H3. The number of methoxy groups -OCH3 is 2. The number of ether oxygens (including phenoxy) is 3. The quantitative estimate of drug-likeness (QED) is 0.360. The van der Waals surface area contributed by atoms with Crippen molar-refractivity contribution in [3.63, 3.8) is 0 Å². The highest BCUT2D eigenvalue weighted by Gasteiger charge is 2.28. The third-order valence-electron chi connectivity index (χ3n) is 5.54. The predicted molar refractivity (Wildman–Crippen MR) is 133 cm³/mol. The molecule has 0 radical (unpaired) electrons. The molecule has 1 aliphatic heterocycles. The highest BCUT2D eigenvalue weighted by atomic mass is 32.2. The summed E-state index contributed by atoms with van der Waals surface area (Å²) in [5.41, 5.74) is 5.55. The summed E-state index contributed by atoms with van der Waals surface area (Å²) in [5.74, 6) is 2.37. The Bertz CT molecular complexity index is 1310. The lowest BCUT2D eigenvalue weighted by atomic mass is 10.1. The highest BCUT2D eigenvalue weighted by molar-refractivity contribution is 7.98. The lowest BCUT2D eigenvalue weighted by Crippen LogP contribution is -2.18. The Morgan fingerprint density at radius 3 is 2.56 bits per heavy atom. The molecule has 0 bridgehead atoms. The number of anilines is 1. The van der Waals surface area contributed by atoms with Crippen LogP contribution in [0.25, 0.3) is 11.3 Å². The summed E-state index contributed by atoms with van der Waals surface area (Å²) in [6.45, 7) is 2.08. The smallest absolute Gasteiger partial charge is 0.247 e. The van der Waals surface area contributed by atoms with Crippen molar-refractivity contribution in [2.75, 3.05) is 19.5 Å². The van der Waals surface area contributed by atoms with Gasteiger partial charge in [-0.25, -0.2) is 0 Å². The van der Waals surface area contributed by atoms with Crippen LogP contribution in [0.2, 0.25) is 0 Å². The highest BCUT2D eigenvalue weighted by Crippen LogP contribution is 2.43. The van der Waals surface area contributed by atoms with Gasteiger partial charge in [0.1, 0.15) is 0 Å². The number of fused-ring (bicyclic) bond motifs is 3. The molecule has 0 saturated heterocycles. The fourth-order valence-corrected chi connectivity index (χ4v) is 4.53. The number of benzene rings is 3. The Balaban J connectivity index is 1.51. The van der Waals surface area contributed by atoms with Gasteiger partial charge in [-0.05, 0) is 30.7 Å². The lowest BCUT2D eigenvalue weighted by Gasteiger charge is -2.22. The van der Waals surface area contributed by atoms with Gasteiger partial charge in [0.2, 0.25) is 17.3 Å². The average molecular weight is 473 g/mol. The van der Waals surface area contributed by atoms with E-state index in [4.69, 9.17) is 19.2 Å². The number of aryl methyl sites for hydroxylation is 1. The zero-order chi connectivity index (χ0) is 23.5. The van der Waals surface area contributed by atoms with Gasteiger partial charge in [-0.3, -0.25) is 0 Å². The van der Waals surface area contributed by atoms with Crippen LogP contribution in [0, 0.1) is 6.92 Å². The minimum Gasteiger partial charge on any atom is -0.493 e. The first-order chi connectivity index (χ1) is 16.7. The summed E-state index contributed by atoms with van der Waals surface area (Å²) in [4.78, 5) is 4.73. The number of aromatic nitrogens is 3. The zero-order valence-electron chi connectivity index (χ0n) is 19.1. The van der Waals surface area contributed by atoms with Gasteiger partial charge in [0, 0.05) is 17.0 Å². The molecule has 1 aliphatic rings.